The summed E-state index contributed by atoms with van der Waals surface area (Å²) in [4.78, 5) is 54.9. The van der Waals surface area contributed by atoms with E-state index < -0.39 is 28.2 Å². The number of rotatable bonds is 5. The Morgan fingerprint density at radius 1 is 1.16 bits per heavy atom. The molecular formula is C20H15ClN6O5. The number of hydrogen-bond donors (Lipinski definition) is 4. The van der Waals surface area contributed by atoms with Gasteiger partial charge in [0, 0.05) is 35.0 Å². The molecule has 0 radical (unpaired) electrons. The quantitative estimate of drug-likeness (QED) is 0.340. The molecule has 1 atom stereocenters. The van der Waals surface area contributed by atoms with E-state index >= 15 is 0 Å². The maximum absolute atomic E-state index is 12.8. The number of carbonyl (C=O) groups excluding carboxylic acids is 2. The Balaban J connectivity index is 1.62. The van der Waals surface area contributed by atoms with Crippen molar-refractivity contribution in [2.45, 2.75) is 12.3 Å². The Labute approximate surface area is 185 Å². The van der Waals surface area contributed by atoms with E-state index in [2.05, 4.69) is 25.9 Å². The number of carbonyl (C=O) groups is 2. The average molecular weight is 455 g/mol. The molecule has 0 aliphatic carbocycles. The number of aromatic amines is 1. The fourth-order valence-corrected chi connectivity index (χ4v) is 3.38. The number of nitrogens with one attached hydrogen (secondary N) is 4. The van der Waals surface area contributed by atoms with Crippen LogP contribution in [-0.2, 0) is 9.59 Å². The fourth-order valence-electron chi connectivity index (χ4n) is 3.25. The van der Waals surface area contributed by atoms with E-state index in [1.165, 1.54) is 24.3 Å². The molecule has 11 nitrogen and oxygen atoms in total. The second-order valence-electron chi connectivity index (χ2n) is 6.91. The first kappa shape index (κ1) is 21.0. The van der Waals surface area contributed by atoms with Crippen molar-refractivity contribution in [1.29, 1.82) is 0 Å². The Morgan fingerprint density at radius 3 is 2.62 bits per heavy atom. The minimum atomic E-state index is -1.13. The highest BCUT2D eigenvalue weighted by Gasteiger charge is 2.35. The maximum Gasteiger partial charge on any atom is 0.271 e. The van der Waals surface area contributed by atoms with Gasteiger partial charge in [-0.1, -0.05) is 17.7 Å². The molecule has 2 amide bonds. The van der Waals surface area contributed by atoms with E-state index in [1.54, 1.807) is 24.3 Å². The molecule has 2 heterocycles. The number of nitrogens with zero attached hydrogens (tertiary/aromatic N) is 2. The predicted octanol–water partition coefficient (Wildman–Crippen LogP) is 3.14. The lowest BCUT2D eigenvalue weighted by atomic mass is 9.92. The first-order chi connectivity index (χ1) is 15.3. The smallest absolute Gasteiger partial charge is 0.271 e. The zero-order valence-electron chi connectivity index (χ0n) is 16.2. The first-order valence-electron chi connectivity index (χ1n) is 9.32. The summed E-state index contributed by atoms with van der Waals surface area (Å²) in [7, 11) is 0. The van der Waals surface area contributed by atoms with Gasteiger partial charge in [-0.3, -0.25) is 29.5 Å². The Morgan fingerprint density at radius 2 is 1.91 bits per heavy atom. The zero-order valence-corrected chi connectivity index (χ0v) is 17.0. The summed E-state index contributed by atoms with van der Waals surface area (Å²) in [5.74, 6) is -2.25. The third-order valence-electron chi connectivity index (χ3n) is 4.70. The molecule has 0 bridgehead atoms. The van der Waals surface area contributed by atoms with Crippen LogP contribution in [0.1, 0.15) is 17.9 Å². The van der Waals surface area contributed by atoms with Gasteiger partial charge in [0.25, 0.3) is 11.2 Å². The standard InChI is InChI=1S/C20H15ClN6O5/c21-10-4-6-11(7-5-10)23-20-25-17-16(19(30)26-20)14(9-15(28)24-17)18(29)22-12-2-1-3-13(8-12)27(31)32/h1-8,14H,9H2,(H,22,29)(H3,23,24,25,26,28,30)/t14-/m0/s1. The molecule has 12 heteroatoms. The second-order valence-corrected chi connectivity index (χ2v) is 7.35. The molecule has 32 heavy (non-hydrogen) atoms. The van der Waals surface area contributed by atoms with Gasteiger partial charge in [0.05, 0.1) is 16.4 Å². The molecule has 2 aromatic carbocycles. The normalized spacial score (nSPS) is 14.8. The van der Waals surface area contributed by atoms with Gasteiger partial charge >= 0.3 is 0 Å². The van der Waals surface area contributed by atoms with Crippen LogP contribution in [0.15, 0.2) is 53.3 Å². The van der Waals surface area contributed by atoms with Gasteiger partial charge in [-0.2, -0.15) is 4.98 Å². The predicted molar refractivity (Wildman–Crippen MR) is 117 cm³/mol. The van der Waals surface area contributed by atoms with E-state index in [4.69, 9.17) is 11.6 Å². The molecule has 3 aromatic rings. The Hall–Kier alpha value is -4.25. The number of halogens is 1. The van der Waals surface area contributed by atoms with Gasteiger partial charge < -0.3 is 16.0 Å². The number of H-pyrrole nitrogens is 1. The van der Waals surface area contributed by atoms with E-state index in [0.717, 1.165) is 0 Å². The zero-order chi connectivity index (χ0) is 22.8. The number of amides is 2. The molecule has 1 aliphatic heterocycles. The highest BCUT2D eigenvalue weighted by atomic mass is 35.5. The molecule has 162 valence electrons. The SMILES string of the molecule is O=C1C[C@H](C(=O)Nc2cccc([N+](=O)[O-])c2)c2c(nc(Nc3ccc(Cl)cc3)[nH]c2=O)N1. The molecule has 4 N–H and O–H groups in total. The van der Waals surface area contributed by atoms with Gasteiger partial charge in [-0.05, 0) is 30.3 Å². The number of benzene rings is 2. The van der Waals surface area contributed by atoms with Crippen molar-refractivity contribution >= 4 is 52.2 Å². The number of non-ortho nitro benzene ring substituents is 1. The monoisotopic (exact) mass is 454 g/mol. The van der Waals surface area contributed by atoms with Crippen LogP contribution < -0.4 is 21.5 Å². The van der Waals surface area contributed by atoms with Crippen molar-refractivity contribution in [2.75, 3.05) is 16.0 Å². The molecule has 0 fully saturated rings. The van der Waals surface area contributed by atoms with E-state index in [0.29, 0.717) is 10.7 Å². The van der Waals surface area contributed by atoms with Crippen molar-refractivity contribution in [2.24, 2.45) is 0 Å². The lowest BCUT2D eigenvalue weighted by Gasteiger charge is -2.23. The Kier molecular flexibility index (Phi) is 5.56. The van der Waals surface area contributed by atoms with Gasteiger partial charge in [-0.25, -0.2) is 0 Å². The van der Waals surface area contributed by atoms with E-state index in [-0.39, 0.29) is 35.1 Å². The molecule has 0 unspecified atom stereocenters. The fraction of sp³-hybridized carbons (Fsp3) is 0.100. The summed E-state index contributed by atoms with van der Waals surface area (Å²) < 4.78 is 0. The summed E-state index contributed by atoms with van der Waals surface area (Å²) in [6, 6.07) is 12.0. The van der Waals surface area contributed by atoms with E-state index in [1.807, 2.05) is 0 Å². The number of nitro groups is 1. The lowest BCUT2D eigenvalue weighted by Crippen LogP contribution is -2.36. The summed E-state index contributed by atoms with van der Waals surface area (Å²) in [6.07, 6.45) is -0.275. The lowest BCUT2D eigenvalue weighted by molar-refractivity contribution is -0.384. The van der Waals surface area contributed by atoms with Gasteiger partial charge in [0.1, 0.15) is 5.82 Å². The van der Waals surface area contributed by atoms with E-state index in [9.17, 15) is 24.5 Å². The van der Waals surface area contributed by atoms with Crippen LogP contribution in [0.5, 0.6) is 0 Å². The second kappa shape index (κ2) is 8.47. The van der Waals surface area contributed by atoms with Gasteiger partial charge in [-0.15, -0.1) is 0 Å². The molecule has 0 saturated heterocycles. The number of anilines is 4. The van der Waals surface area contributed by atoms with Crippen molar-refractivity contribution < 1.29 is 14.5 Å². The van der Waals surface area contributed by atoms with Crippen LogP contribution in [0.3, 0.4) is 0 Å². The van der Waals surface area contributed by atoms with Gasteiger partial charge in [0.2, 0.25) is 17.8 Å². The van der Waals surface area contributed by atoms with Crippen molar-refractivity contribution in [3.8, 4) is 0 Å². The van der Waals surface area contributed by atoms with Crippen molar-refractivity contribution in [3.63, 3.8) is 0 Å². The third-order valence-corrected chi connectivity index (χ3v) is 4.95. The van der Waals surface area contributed by atoms with Crippen LogP contribution in [0.2, 0.25) is 5.02 Å². The summed E-state index contributed by atoms with van der Waals surface area (Å²) in [5, 5.41) is 19.4. The third kappa shape index (κ3) is 4.42. The largest absolute Gasteiger partial charge is 0.326 e. The van der Waals surface area contributed by atoms with Crippen molar-refractivity contribution in [3.05, 3.63) is 79.6 Å². The molecule has 0 spiro atoms. The van der Waals surface area contributed by atoms with Crippen LogP contribution in [0.25, 0.3) is 0 Å². The van der Waals surface area contributed by atoms with Crippen LogP contribution >= 0.6 is 11.6 Å². The molecule has 1 aromatic heterocycles. The van der Waals surface area contributed by atoms with Crippen molar-refractivity contribution in [1.82, 2.24) is 9.97 Å². The highest BCUT2D eigenvalue weighted by molar-refractivity contribution is 6.30. The topological polar surface area (TPSA) is 159 Å². The molecular weight excluding hydrogens is 440 g/mol. The number of fused-ring (bicyclic) bond motifs is 1. The maximum atomic E-state index is 12.8. The minimum Gasteiger partial charge on any atom is -0.326 e. The molecule has 0 saturated carbocycles. The van der Waals surface area contributed by atoms with Crippen LogP contribution in [0.4, 0.5) is 28.8 Å². The van der Waals surface area contributed by atoms with Crippen LogP contribution in [0, 0.1) is 10.1 Å². The summed E-state index contributed by atoms with van der Waals surface area (Å²) in [5.41, 5.74) is -0.0522. The Bertz CT molecular complexity index is 1290. The summed E-state index contributed by atoms with van der Waals surface area (Å²) >= 11 is 5.86. The average Bonchev–Trinajstić information content (AvgIpc) is 2.74. The number of nitro benzene ring substituents is 1. The summed E-state index contributed by atoms with van der Waals surface area (Å²) in [6.45, 7) is 0. The first-order valence-corrected chi connectivity index (χ1v) is 9.70. The number of aromatic nitrogens is 2. The van der Waals surface area contributed by atoms with Gasteiger partial charge in [0.15, 0.2) is 0 Å². The molecule has 1 aliphatic rings. The minimum absolute atomic E-state index is 0.00538. The number of hydrogen-bond acceptors (Lipinski definition) is 7. The highest BCUT2D eigenvalue weighted by Crippen LogP contribution is 2.30. The molecule has 4 rings (SSSR count). The van der Waals surface area contributed by atoms with Crippen LogP contribution in [-0.4, -0.2) is 26.7 Å².